The van der Waals surface area contributed by atoms with Gasteiger partial charge in [-0.25, -0.2) is 4.98 Å². The molecule has 0 saturated heterocycles. The van der Waals surface area contributed by atoms with Crippen molar-refractivity contribution in [3.8, 4) is 17.3 Å². The molecule has 1 N–H and O–H groups in total. The van der Waals surface area contributed by atoms with Gasteiger partial charge in [-0.05, 0) is 12.1 Å². The first-order valence-corrected chi connectivity index (χ1v) is 8.12. The van der Waals surface area contributed by atoms with Crippen LogP contribution in [0.2, 0.25) is 0 Å². The van der Waals surface area contributed by atoms with Gasteiger partial charge in [-0.1, -0.05) is 18.2 Å². The molecule has 1 aromatic carbocycles. The molecular formula is C17H18Cl2F3N5O. The highest BCUT2D eigenvalue weighted by Gasteiger charge is 2.32. The Morgan fingerprint density at radius 1 is 1.18 bits per heavy atom. The third kappa shape index (κ3) is 4.78. The number of imidazole rings is 1. The lowest BCUT2D eigenvalue weighted by molar-refractivity contribution is -0.274. The van der Waals surface area contributed by atoms with Crippen LogP contribution in [0.3, 0.4) is 0 Å². The van der Waals surface area contributed by atoms with E-state index in [1.807, 2.05) is 10.7 Å². The van der Waals surface area contributed by atoms with Gasteiger partial charge in [0.1, 0.15) is 11.4 Å². The third-order valence-corrected chi connectivity index (χ3v) is 4.15. The molecule has 6 nitrogen and oxygen atoms in total. The van der Waals surface area contributed by atoms with E-state index in [1.165, 1.54) is 12.1 Å². The molecule has 2 aromatic heterocycles. The second-order valence-electron chi connectivity index (χ2n) is 5.96. The zero-order chi connectivity index (χ0) is 18.1. The van der Waals surface area contributed by atoms with E-state index in [4.69, 9.17) is 0 Å². The van der Waals surface area contributed by atoms with Crippen molar-refractivity contribution in [1.82, 2.24) is 24.6 Å². The predicted octanol–water partition coefficient (Wildman–Crippen LogP) is 3.64. The average Bonchev–Trinajstić information content (AvgIpc) is 3.21. The van der Waals surface area contributed by atoms with Gasteiger partial charge in [0, 0.05) is 31.0 Å². The monoisotopic (exact) mass is 435 g/mol. The lowest BCUT2D eigenvalue weighted by Gasteiger charge is -2.14. The van der Waals surface area contributed by atoms with E-state index in [9.17, 15) is 13.2 Å². The summed E-state index contributed by atoms with van der Waals surface area (Å²) in [6, 6.07) is 8.04. The van der Waals surface area contributed by atoms with E-state index in [0.29, 0.717) is 17.1 Å². The molecule has 0 bridgehead atoms. The van der Waals surface area contributed by atoms with E-state index in [-0.39, 0.29) is 37.1 Å². The summed E-state index contributed by atoms with van der Waals surface area (Å²) < 4.78 is 45.7. The van der Waals surface area contributed by atoms with Crippen LogP contribution in [-0.4, -0.2) is 32.2 Å². The fourth-order valence-electron chi connectivity index (χ4n) is 3.01. The van der Waals surface area contributed by atoms with Crippen LogP contribution in [-0.2, 0) is 19.6 Å². The number of halogens is 5. The van der Waals surface area contributed by atoms with Gasteiger partial charge in [-0.3, -0.25) is 4.68 Å². The van der Waals surface area contributed by atoms with Crippen LogP contribution in [0.1, 0.15) is 11.3 Å². The van der Waals surface area contributed by atoms with Gasteiger partial charge in [0.2, 0.25) is 0 Å². The van der Waals surface area contributed by atoms with Crippen molar-refractivity contribution in [1.29, 1.82) is 0 Å². The van der Waals surface area contributed by atoms with Crippen LogP contribution in [0.15, 0.2) is 42.7 Å². The lowest BCUT2D eigenvalue weighted by Crippen LogP contribution is -2.28. The number of rotatable bonds is 4. The fraction of sp³-hybridized carbons (Fsp3) is 0.294. The molecule has 0 radical (unpaired) electrons. The van der Waals surface area contributed by atoms with Crippen molar-refractivity contribution in [2.24, 2.45) is 0 Å². The van der Waals surface area contributed by atoms with E-state index in [2.05, 4.69) is 20.1 Å². The Bertz CT molecular complexity index is 902. The third-order valence-electron chi connectivity index (χ3n) is 4.15. The van der Waals surface area contributed by atoms with E-state index >= 15 is 0 Å². The van der Waals surface area contributed by atoms with Crippen LogP contribution in [0.4, 0.5) is 13.2 Å². The zero-order valence-electron chi connectivity index (χ0n) is 14.5. The van der Waals surface area contributed by atoms with Gasteiger partial charge in [0.15, 0.2) is 5.82 Å². The topological polar surface area (TPSA) is 56.9 Å². The summed E-state index contributed by atoms with van der Waals surface area (Å²) in [6.45, 7) is 2.56. The molecule has 0 saturated carbocycles. The number of hydrogen-bond acceptors (Lipinski definition) is 4. The summed E-state index contributed by atoms with van der Waals surface area (Å²) in [6.07, 6.45) is -1.40. The van der Waals surface area contributed by atoms with Gasteiger partial charge < -0.3 is 14.6 Å². The fourth-order valence-corrected chi connectivity index (χ4v) is 3.01. The molecule has 0 unspecified atom stereocenters. The maximum atomic E-state index is 12.6. The first-order valence-electron chi connectivity index (χ1n) is 8.12. The summed E-state index contributed by atoms with van der Waals surface area (Å²) in [4.78, 5) is 4.33. The number of aromatic nitrogens is 4. The summed E-state index contributed by atoms with van der Waals surface area (Å²) >= 11 is 0. The molecule has 3 aromatic rings. The highest BCUT2D eigenvalue weighted by Crippen LogP contribution is 2.28. The van der Waals surface area contributed by atoms with Crippen molar-refractivity contribution in [3.63, 3.8) is 0 Å². The van der Waals surface area contributed by atoms with Gasteiger partial charge in [0.05, 0.1) is 18.8 Å². The largest absolute Gasteiger partial charge is 0.573 e. The van der Waals surface area contributed by atoms with Crippen LogP contribution >= 0.6 is 24.8 Å². The molecule has 1 aliphatic rings. The summed E-state index contributed by atoms with van der Waals surface area (Å²) in [5.41, 5.74) is 2.17. The number of benzene rings is 1. The van der Waals surface area contributed by atoms with Crippen LogP contribution in [0.5, 0.6) is 5.75 Å². The standard InChI is InChI=1S/C17H16F3N5O.2ClH/c18-17(19,20)26-15-4-2-1-3-12(15)11-24-7-6-22-16(24)14-9-13-10-21-5-8-25(13)23-14;;/h1-4,6-7,9,21H,5,8,10-11H2;2*1H. The molecule has 0 aliphatic carbocycles. The smallest absolute Gasteiger partial charge is 0.405 e. The Morgan fingerprint density at radius 3 is 2.71 bits per heavy atom. The van der Waals surface area contributed by atoms with Crippen LogP contribution < -0.4 is 10.1 Å². The molecular weight excluding hydrogens is 418 g/mol. The second-order valence-corrected chi connectivity index (χ2v) is 5.96. The predicted molar refractivity (Wildman–Crippen MR) is 102 cm³/mol. The van der Waals surface area contributed by atoms with Gasteiger partial charge >= 0.3 is 6.36 Å². The molecule has 0 spiro atoms. The molecule has 0 amide bonds. The quantitative estimate of drug-likeness (QED) is 0.679. The Hall–Kier alpha value is -2.23. The highest BCUT2D eigenvalue weighted by atomic mass is 35.5. The number of para-hydroxylation sites is 1. The molecule has 11 heteroatoms. The van der Waals surface area contributed by atoms with E-state index in [1.54, 1.807) is 29.1 Å². The number of hydrogen-bond donors (Lipinski definition) is 1. The molecule has 3 heterocycles. The summed E-state index contributed by atoms with van der Waals surface area (Å²) in [7, 11) is 0. The number of fused-ring (bicyclic) bond motifs is 1. The van der Waals surface area contributed by atoms with Crippen LogP contribution in [0.25, 0.3) is 11.5 Å². The minimum Gasteiger partial charge on any atom is -0.405 e. The van der Waals surface area contributed by atoms with E-state index in [0.717, 1.165) is 25.3 Å². The number of alkyl halides is 3. The first-order chi connectivity index (χ1) is 12.5. The Kier molecular flexibility index (Phi) is 6.97. The minimum absolute atomic E-state index is 0. The molecule has 4 rings (SSSR count). The molecule has 1 aliphatic heterocycles. The average molecular weight is 436 g/mol. The molecule has 152 valence electrons. The Labute approximate surface area is 171 Å². The Morgan fingerprint density at radius 2 is 1.96 bits per heavy atom. The van der Waals surface area contributed by atoms with Gasteiger partial charge in [-0.15, -0.1) is 38.0 Å². The highest BCUT2D eigenvalue weighted by molar-refractivity contribution is 5.85. The van der Waals surface area contributed by atoms with Gasteiger partial charge in [0.25, 0.3) is 0 Å². The first kappa shape index (κ1) is 22.1. The SMILES string of the molecule is Cl.Cl.FC(F)(F)Oc1ccccc1Cn1ccnc1-c1cc2n(n1)CCNC2. The molecule has 0 atom stereocenters. The molecule has 28 heavy (non-hydrogen) atoms. The zero-order valence-corrected chi connectivity index (χ0v) is 16.2. The maximum Gasteiger partial charge on any atom is 0.573 e. The summed E-state index contributed by atoms with van der Waals surface area (Å²) in [5.74, 6) is 0.390. The maximum absolute atomic E-state index is 12.6. The van der Waals surface area contributed by atoms with Crippen molar-refractivity contribution < 1.29 is 17.9 Å². The minimum atomic E-state index is -4.73. The van der Waals surface area contributed by atoms with Crippen molar-refractivity contribution in [3.05, 3.63) is 54.0 Å². The second kappa shape index (κ2) is 8.85. The number of ether oxygens (including phenoxy) is 1. The van der Waals surface area contributed by atoms with Gasteiger partial charge in [-0.2, -0.15) is 5.10 Å². The van der Waals surface area contributed by atoms with Crippen molar-refractivity contribution in [2.75, 3.05) is 6.54 Å². The van der Waals surface area contributed by atoms with Crippen molar-refractivity contribution >= 4 is 24.8 Å². The normalized spacial score (nSPS) is 13.2. The number of nitrogens with one attached hydrogen (secondary N) is 1. The van der Waals surface area contributed by atoms with Crippen LogP contribution in [0, 0.1) is 0 Å². The number of nitrogens with zero attached hydrogens (tertiary/aromatic N) is 4. The van der Waals surface area contributed by atoms with E-state index < -0.39 is 6.36 Å². The lowest BCUT2D eigenvalue weighted by atomic mass is 10.2. The molecule has 0 fully saturated rings. The Balaban J connectivity index is 0.00000140. The summed E-state index contributed by atoms with van der Waals surface area (Å²) in [5, 5.41) is 7.83. The van der Waals surface area contributed by atoms with Crippen molar-refractivity contribution in [2.45, 2.75) is 26.0 Å².